The second kappa shape index (κ2) is 10.0. The number of pyridine rings is 1. The van der Waals surface area contributed by atoms with Crippen LogP contribution in [0, 0.1) is 5.92 Å². The molecule has 2 aliphatic heterocycles. The number of rotatable bonds is 7. The van der Waals surface area contributed by atoms with E-state index >= 15 is 0 Å². The fraction of sp³-hybridized carbons (Fsp3) is 0.522. The molecule has 1 atom stereocenters. The molecule has 0 bridgehead atoms. The zero-order chi connectivity index (χ0) is 19.0. The van der Waals surface area contributed by atoms with E-state index in [1.807, 2.05) is 18.5 Å². The highest BCUT2D eigenvalue weighted by molar-refractivity contribution is 5.27. The Bertz CT molecular complexity index is 692. The predicted molar refractivity (Wildman–Crippen MR) is 112 cm³/mol. The lowest BCUT2D eigenvalue weighted by Crippen LogP contribution is -2.45. The topological polar surface area (TPSA) is 40.6 Å². The summed E-state index contributed by atoms with van der Waals surface area (Å²) in [6.45, 7) is 9.56. The molecule has 2 aliphatic rings. The maximum absolute atomic E-state index is 6.00. The lowest BCUT2D eigenvalue weighted by Gasteiger charge is -2.34. The highest BCUT2D eigenvalue weighted by Crippen LogP contribution is 2.18. The summed E-state index contributed by atoms with van der Waals surface area (Å²) >= 11 is 0. The van der Waals surface area contributed by atoms with Crippen molar-refractivity contribution >= 4 is 0 Å². The Morgan fingerprint density at radius 2 is 1.71 bits per heavy atom. The van der Waals surface area contributed by atoms with Crippen LogP contribution in [-0.4, -0.2) is 60.7 Å². The number of benzene rings is 1. The number of hydrogen-bond acceptors (Lipinski definition) is 5. The average Bonchev–Trinajstić information content (AvgIpc) is 2.76. The van der Waals surface area contributed by atoms with E-state index < -0.39 is 0 Å². The molecular weight excluding hydrogens is 348 g/mol. The van der Waals surface area contributed by atoms with Gasteiger partial charge < -0.3 is 10.1 Å². The third kappa shape index (κ3) is 5.77. The van der Waals surface area contributed by atoms with Gasteiger partial charge in [-0.1, -0.05) is 18.2 Å². The van der Waals surface area contributed by atoms with Gasteiger partial charge in [0.25, 0.3) is 0 Å². The second-order valence-corrected chi connectivity index (χ2v) is 8.08. The summed E-state index contributed by atoms with van der Waals surface area (Å²) in [5, 5.41) is 3.45. The average molecular weight is 381 g/mol. The SMILES string of the molecule is c1cncc(CN2CCN(Cc3ccc(OC[C@H]4CCCNC4)cc3)CC2)c1. The minimum Gasteiger partial charge on any atom is -0.493 e. The standard InChI is InChI=1S/C23H32N4O/c1-3-21(15-24-9-1)18-27-13-11-26(12-14-27)17-20-5-7-23(8-6-20)28-19-22-4-2-10-25-16-22/h1,3,5-9,15,22,25H,2,4,10-14,16-19H2/t22-/m0/s1. The minimum atomic E-state index is 0.649. The Morgan fingerprint density at radius 3 is 2.36 bits per heavy atom. The van der Waals surface area contributed by atoms with Gasteiger partial charge in [-0.25, -0.2) is 0 Å². The monoisotopic (exact) mass is 380 g/mol. The number of aromatic nitrogens is 1. The smallest absolute Gasteiger partial charge is 0.119 e. The zero-order valence-corrected chi connectivity index (χ0v) is 16.7. The van der Waals surface area contributed by atoms with E-state index in [1.54, 1.807) is 0 Å². The molecule has 2 fully saturated rings. The van der Waals surface area contributed by atoms with E-state index in [0.717, 1.165) is 64.7 Å². The minimum absolute atomic E-state index is 0.649. The summed E-state index contributed by atoms with van der Waals surface area (Å²) in [7, 11) is 0. The molecule has 1 N–H and O–H groups in total. The Balaban J connectivity index is 1.18. The lowest BCUT2D eigenvalue weighted by molar-refractivity contribution is 0.122. The van der Waals surface area contributed by atoms with Gasteiger partial charge >= 0.3 is 0 Å². The first-order chi connectivity index (χ1) is 13.8. The van der Waals surface area contributed by atoms with E-state index in [9.17, 15) is 0 Å². The highest BCUT2D eigenvalue weighted by Gasteiger charge is 2.17. The Labute approximate surface area is 168 Å². The molecule has 0 saturated carbocycles. The molecule has 5 nitrogen and oxygen atoms in total. The third-order valence-corrected chi connectivity index (χ3v) is 5.81. The van der Waals surface area contributed by atoms with Crippen molar-refractivity contribution in [3.8, 4) is 5.75 Å². The molecule has 1 aromatic heterocycles. The molecule has 3 heterocycles. The van der Waals surface area contributed by atoms with Crippen LogP contribution >= 0.6 is 0 Å². The van der Waals surface area contributed by atoms with Crippen LogP contribution in [-0.2, 0) is 13.1 Å². The Kier molecular flexibility index (Phi) is 6.92. The van der Waals surface area contributed by atoms with Crippen molar-refractivity contribution in [2.45, 2.75) is 25.9 Å². The van der Waals surface area contributed by atoms with Crippen LogP contribution in [0.25, 0.3) is 0 Å². The van der Waals surface area contributed by atoms with Gasteiger partial charge in [-0.05, 0) is 48.7 Å². The van der Waals surface area contributed by atoms with Crippen molar-refractivity contribution in [1.82, 2.24) is 20.1 Å². The van der Waals surface area contributed by atoms with Crippen molar-refractivity contribution in [2.75, 3.05) is 45.9 Å². The molecule has 0 amide bonds. The number of nitrogens with one attached hydrogen (secondary N) is 1. The van der Waals surface area contributed by atoms with Gasteiger partial charge in [-0.3, -0.25) is 14.8 Å². The third-order valence-electron chi connectivity index (χ3n) is 5.81. The first kappa shape index (κ1) is 19.4. The normalized spacial score (nSPS) is 21.5. The van der Waals surface area contributed by atoms with Crippen LogP contribution in [0.15, 0.2) is 48.8 Å². The molecule has 0 aliphatic carbocycles. The van der Waals surface area contributed by atoms with Gasteiger partial charge in [-0.2, -0.15) is 0 Å². The highest BCUT2D eigenvalue weighted by atomic mass is 16.5. The molecule has 150 valence electrons. The first-order valence-corrected chi connectivity index (χ1v) is 10.6. The maximum Gasteiger partial charge on any atom is 0.119 e. The van der Waals surface area contributed by atoms with Crippen molar-refractivity contribution in [3.63, 3.8) is 0 Å². The van der Waals surface area contributed by atoms with E-state index in [0.29, 0.717) is 5.92 Å². The number of nitrogens with zero attached hydrogens (tertiary/aromatic N) is 3. The molecule has 0 unspecified atom stereocenters. The summed E-state index contributed by atoms with van der Waals surface area (Å²) in [6.07, 6.45) is 6.35. The van der Waals surface area contributed by atoms with Gasteiger partial charge in [-0.15, -0.1) is 0 Å². The Morgan fingerprint density at radius 1 is 0.964 bits per heavy atom. The molecule has 4 rings (SSSR count). The largest absolute Gasteiger partial charge is 0.493 e. The summed E-state index contributed by atoms with van der Waals surface area (Å²) in [5.74, 6) is 1.65. The van der Waals surface area contributed by atoms with Crippen LogP contribution in [0.2, 0.25) is 0 Å². The summed E-state index contributed by atoms with van der Waals surface area (Å²) in [4.78, 5) is 9.28. The van der Waals surface area contributed by atoms with Gasteiger partial charge in [0, 0.05) is 64.1 Å². The van der Waals surface area contributed by atoms with Crippen LogP contribution in [0.5, 0.6) is 5.75 Å². The number of hydrogen-bond donors (Lipinski definition) is 1. The fourth-order valence-electron chi connectivity index (χ4n) is 4.08. The molecule has 0 spiro atoms. The number of piperidine rings is 1. The van der Waals surface area contributed by atoms with E-state index in [2.05, 4.69) is 50.4 Å². The second-order valence-electron chi connectivity index (χ2n) is 8.08. The molecule has 2 saturated heterocycles. The Hall–Kier alpha value is -1.95. The molecule has 28 heavy (non-hydrogen) atoms. The van der Waals surface area contributed by atoms with Gasteiger partial charge in [0.2, 0.25) is 0 Å². The van der Waals surface area contributed by atoms with Gasteiger partial charge in [0.05, 0.1) is 6.61 Å². The molecule has 0 radical (unpaired) electrons. The predicted octanol–water partition coefficient (Wildman–Crippen LogP) is 2.78. The van der Waals surface area contributed by atoms with Crippen LogP contribution in [0.3, 0.4) is 0 Å². The van der Waals surface area contributed by atoms with E-state index in [4.69, 9.17) is 4.74 Å². The van der Waals surface area contributed by atoms with Crippen LogP contribution in [0.4, 0.5) is 0 Å². The van der Waals surface area contributed by atoms with E-state index in [1.165, 1.54) is 24.0 Å². The van der Waals surface area contributed by atoms with Crippen LogP contribution < -0.4 is 10.1 Å². The number of piperazine rings is 1. The van der Waals surface area contributed by atoms with Crippen LogP contribution in [0.1, 0.15) is 24.0 Å². The summed E-state index contributed by atoms with van der Waals surface area (Å²) in [5.41, 5.74) is 2.67. The van der Waals surface area contributed by atoms with Crippen molar-refractivity contribution in [3.05, 3.63) is 59.9 Å². The summed E-state index contributed by atoms with van der Waals surface area (Å²) in [6, 6.07) is 12.9. The molecular formula is C23H32N4O. The van der Waals surface area contributed by atoms with Crippen molar-refractivity contribution in [2.24, 2.45) is 5.92 Å². The summed E-state index contributed by atoms with van der Waals surface area (Å²) < 4.78 is 6.00. The molecule has 5 heteroatoms. The molecule has 2 aromatic rings. The zero-order valence-electron chi connectivity index (χ0n) is 16.7. The number of ether oxygens (including phenoxy) is 1. The first-order valence-electron chi connectivity index (χ1n) is 10.6. The van der Waals surface area contributed by atoms with Crippen molar-refractivity contribution in [1.29, 1.82) is 0 Å². The van der Waals surface area contributed by atoms with E-state index in [-0.39, 0.29) is 0 Å². The molecule has 1 aromatic carbocycles. The fourth-order valence-corrected chi connectivity index (χ4v) is 4.08. The van der Waals surface area contributed by atoms with Gasteiger partial charge in [0.1, 0.15) is 5.75 Å². The lowest BCUT2D eigenvalue weighted by atomic mass is 10.0. The van der Waals surface area contributed by atoms with Gasteiger partial charge in [0.15, 0.2) is 0 Å². The van der Waals surface area contributed by atoms with Crippen molar-refractivity contribution < 1.29 is 4.74 Å². The maximum atomic E-state index is 6.00. The quantitative estimate of drug-likeness (QED) is 0.800.